The van der Waals surface area contributed by atoms with Gasteiger partial charge in [-0.25, -0.2) is 9.18 Å². The van der Waals surface area contributed by atoms with E-state index in [-0.39, 0.29) is 42.2 Å². The molecule has 8 nitrogen and oxygen atoms in total. The first-order valence-corrected chi connectivity index (χ1v) is 11.8. The number of halogens is 1. The fourth-order valence-electron chi connectivity index (χ4n) is 4.76. The van der Waals surface area contributed by atoms with Crippen molar-refractivity contribution in [2.75, 3.05) is 11.5 Å². The van der Waals surface area contributed by atoms with Crippen LogP contribution in [0.5, 0.6) is 0 Å². The van der Waals surface area contributed by atoms with Gasteiger partial charge in [-0.1, -0.05) is 13.0 Å². The van der Waals surface area contributed by atoms with Gasteiger partial charge in [0.15, 0.2) is 5.69 Å². The highest BCUT2D eigenvalue weighted by molar-refractivity contribution is 6.12. The van der Waals surface area contributed by atoms with Gasteiger partial charge in [-0.2, -0.15) is 5.10 Å². The van der Waals surface area contributed by atoms with E-state index in [4.69, 9.17) is 4.74 Å². The molecule has 34 heavy (non-hydrogen) atoms. The third-order valence-electron chi connectivity index (χ3n) is 6.89. The summed E-state index contributed by atoms with van der Waals surface area (Å²) in [6.07, 6.45) is 3.80. The first kappa shape index (κ1) is 23.9. The Kier molecular flexibility index (Phi) is 6.47. The van der Waals surface area contributed by atoms with Crippen LogP contribution in [0.25, 0.3) is 0 Å². The van der Waals surface area contributed by atoms with Crippen LogP contribution in [0.4, 0.5) is 10.1 Å². The Morgan fingerprint density at radius 2 is 1.94 bits per heavy atom. The molecule has 0 unspecified atom stereocenters. The number of anilines is 1. The number of hydrogen-bond acceptors (Lipinski definition) is 5. The Morgan fingerprint density at radius 3 is 2.59 bits per heavy atom. The van der Waals surface area contributed by atoms with Gasteiger partial charge in [-0.05, 0) is 70.1 Å². The van der Waals surface area contributed by atoms with E-state index in [1.165, 1.54) is 21.7 Å². The second kappa shape index (κ2) is 9.19. The van der Waals surface area contributed by atoms with E-state index < -0.39 is 23.2 Å². The van der Waals surface area contributed by atoms with Crippen LogP contribution < -0.4 is 10.2 Å². The maximum absolute atomic E-state index is 14.5. The monoisotopic (exact) mass is 470 g/mol. The normalized spacial score (nSPS) is 24.5. The van der Waals surface area contributed by atoms with Crippen molar-refractivity contribution in [3.8, 4) is 0 Å². The molecule has 2 heterocycles. The molecule has 0 radical (unpaired) electrons. The minimum absolute atomic E-state index is 0.00818. The van der Waals surface area contributed by atoms with Gasteiger partial charge in [0, 0.05) is 17.8 Å². The molecule has 2 aromatic rings. The lowest BCUT2D eigenvalue weighted by Gasteiger charge is -2.44. The van der Waals surface area contributed by atoms with Gasteiger partial charge in [-0.3, -0.25) is 19.2 Å². The molecule has 1 aliphatic heterocycles. The average molecular weight is 471 g/mol. The number of aromatic nitrogens is 2. The lowest BCUT2D eigenvalue weighted by molar-refractivity contribution is -0.127. The van der Waals surface area contributed by atoms with E-state index in [1.807, 2.05) is 0 Å². The highest BCUT2D eigenvalue weighted by atomic mass is 19.1. The zero-order valence-electron chi connectivity index (χ0n) is 20.1. The van der Waals surface area contributed by atoms with Crippen LogP contribution in [0.1, 0.15) is 73.0 Å². The summed E-state index contributed by atoms with van der Waals surface area (Å²) < 4.78 is 20.9. The molecule has 0 spiro atoms. The number of carbonyl (C=O) groups excluding carboxylic acids is 3. The Morgan fingerprint density at radius 1 is 1.24 bits per heavy atom. The summed E-state index contributed by atoms with van der Waals surface area (Å²) in [6, 6.07) is 5.84. The number of benzene rings is 1. The van der Waals surface area contributed by atoms with Gasteiger partial charge in [0.2, 0.25) is 5.91 Å². The van der Waals surface area contributed by atoms with E-state index in [1.54, 1.807) is 32.9 Å². The highest BCUT2D eigenvalue weighted by Crippen LogP contribution is 2.34. The standard InChI is InChI=1S/C25H31FN4O4/c1-5-34-23(32)20-13-21-22(31)30(18-11-8-16(3)19(26)12-18)25(4,14-29(21)28-20)24(33)27-17-9-6-15(2)7-10-17/h8,11-13,15,17H,5-7,9-10,14H2,1-4H3,(H,27,33)/t15?,17?,25-/m1/s1. The average Bonchev–Trinajstić information content (AvgIpc) is 3.22. The molecule has 1 aliphatic carbocycles. The number of carbonyl (C=O) groups is 3. The molecule has 1 aromatic carbocycles. The predicted octanol–water partition coefficient (Wildman–Crippen LogP) is 3.62. The summed E-state index contributed by atoms with van der Waals surface area (Å²) in [6.45, 7) is 7.35. The number of ether oxygens (including phenoxy) is 1. The van der Waals surface area contributed by atoms with Crippen molar-refractivity contribution >= 4 is 23.5 Å². The zero-order valence-corrected chi connectivity index (χ0v) is 20.1. The first-order chi connectivity index (χ1) is 16.1. The maximum Gasteiger partial charge on any atom is 0.358 e. The summed E-state index contributed by atoms with van der Waals surface area (Å²) in [5, 5.41) is 7.37. The summed E-state index contributed by atoms with van der Waals surface area (Å²) in [5.41, 5.74) is -0.544. The van der Waals surface area contributed by atoms with Crippen molar-refractivity contribution in [2.45, 2.75) is 71.5 Å². The van der Waals surface area contributed by atoms with Crippen molar-refractivity contribution in [1.82, 2.24) is 15.1 Å². The molecule has 9 heteroatoms. The number of nitrogens with one attached hydrogen (secondary N) is 1. The van der Waals surface area contributed by atoms with Crippen LogP contribution in [0.15, 0.2) is 24.3 Å². The Hall–Kier alpha value is -3.23. The third kappa shape index (κ3) is 4.31. The highest BCUT2D eigenvalue weighted by Gasteiger charge is 2.49. The van der Waals surface area contributed by atoms with Gasteiger partial charge < -0.3 is 10.1 Å². The maximum atomic E-state index is 14.5. The van der Waals surface area contributed by atoms with Crippen LogP contribution in [0, 0.1) is 18.7 Å². The fraction of sp³-hybridized carbons (Fsp3) is 0.520. The minimum Gasteiger partial charge on any atom is -0.461 e. The lowest BCUT2D eigenvalue weighted by atomic mass is 9.86. The zero-order chi connectivity index (χ0) is 24.6. The smallest absolute Gasteiger partial charge is 0.358 e. The summed E-state index contributed by atoms with van der Waals surface area (Å²) in [5.74, 6) is -1.36. The molecule has 1 atom stereocenters. The first-order valence-electron chi connectivity index (χ1n) is 11.8. The van der Waals surface area contributed by atoms with Crippen molar-refractivity contribution in [3.63, 3.8) is 0 Å². The van der Waals surface area contributed by atoms with Crippen LogP contribution in [0.3, 0.4) is 0 Å². The van der Waals surface area contributed by atoms with Crippen molar-refractivity contribution in [3.05, 3.63) is 47.0 Å². The number of amides is 2. The van der Waals surface area contributed by atoms with Gasteiger partial charge in [0.1, 0.15) is 17.1 Å². The largest absolute Gasteiger partial charge is 0.461 e. The van der Waals surface area contributed by atoms with Crippen LogP contribution in [0.2, 0.25) is 0 Å². The Labute approximate surface area is 198 Å². The van der Waals surface area contributed by atoms with Crippen molar-refractivity contribution in [2.24, 2.45) is 5.92 Å². The molecular weight excluding hydrogens is 439 g/mol. The number of rotatable bonds is 5. The number of esters is 1. The van der Waals surface area contributed by atoms with Crippen molar-refractivity contribution < 1.29 is 23.5 Å². The molecule has 2 amide bonds. The quantitative estimate of drug-likeness (QED) is 0.674. The topological polar surface area (TPSA) is 93.5 Å². The van der Waals surface area contributed by atoms with E-state index in [0.717, 1.165) is 25.7 Å². The molecule has 0 saturated heterocycles. The van der Waals surface area contributed by atoms with E-state index >= 15 is 0 Å². The fourth-order valence-corrected chi connectivity index (χ4v) is 4.76. The van der Waals surface area contributed by atoms with E-state index in [9.17, 15) is 18.8 Å². The van der Waals surface area contributed by atoms with E-state index in [2.05, 4.69) is 17.3 Å². The second-order valence-electron chi connectivity index (χ2n) is 9.57. The molecule has 4 rings (SSSR count). The summed E-state index contributed by atoms with van der Waals surface area (Å²) in [7, 11) is 0. The molecule has 1 fully saturated rings. The van der Waals surface area contributed by atoms with Crippen LogP contribution >= 0.6 is 0 Å². The van der Waals surface area contributed by atoms with Crippen molar-refractivity contribution in [1.29, 1.82) is 0 Å². The number of hydrogen-bond donors (Lipinski definition) is 1. The predicted molar refractivity (Wildman–Crippen MR) is 124 cm³/mol. The lowest BCUT2D eigenvalue weighted by Crippen LogP contribution is -2.65. The SMILES string of the molecule is CCOC(=O)c1cc2n(n1)C[C@](C)(C(=O)NC1CCC(C)CC1)N(c1ccc(C)c(F)c1)C2=O. The Balaban J connectivity index is 1.73. The van der Waals surface area contributed by atoms with Gasteiger partial charge in [0.25, 0.3) is 5.91 Å². The van der Waals surface area contributed by atoms with Gasteiger partial charge in [0.05, 0.1) is 13.2 Å². The van der Waals surface area contributed by atoms with Gasteiger partial charge >= 0.3 is 5.97 Å². The van der Waals surface area contributed by atoms with Gasteiger partial charge in [-0.15, -0.1) is 0 Å². The number of nitrogens with zero attached hydrogens (tertiary/aromatic N) is 3. The molecule has 0 bridgehead atoms. The molecule has 182 valence electrons. The van der Waals surface area contributed by atoms with Crippen LogP contribution in [-0.2, 0) is 16.1 Å². The minimum atomic E-state index is -1.38. The summed E-state index contributed by atoms with van der Waals surface area (Å²) in [4.78, 5) is 40.9. The molecule has 1 aromatic heterocycles. The number of aryl methyl sites for hydroxylation is 1. The Bertz CT molecular complexity index is 1120. The molecule has 1 N–H and O–H groups in total. The van der Waals surface area contributed by atoms with E-state index in [0.29, 0.717) is 11.5 Å². The molecule has 1 saturated carbocycles. The summed E-state index contributed by atoms with van der Waals surface area (Å²) >= 11 is 0. The third-order valence-corrected chi connectivity index (χ3v) is 6.89. The molecule has 2 aliphatic rings. The number of fused-ring (bicyclic) bond motifs is 1. The molecular formula is C25H31FN4O4. The van der Waals surface area contributed by atoms with Crippen LogP contribution in [-0.4, -0.2) is 45.8 Å². The second-order valence-corrected chi connectivity index (χ2v) is 9.57.